The van der Waals surface area contributed by atoms with E-state index in [2.05, 4.69) is 20.8 Å². The lowest BCUT2D eigenvalue weighted by atomic mass is 10.1. The highest BCUT2D eigenvalue weighted by molar-refractivity contribution is 5.67. The average Bonchev–Trinajstić information content (AvgIpc) is 2.59. The first-order chi connectivity index (χ1) is 11.8. The van der Waals surface area contributed by atoms with Crippen molar-refractivity contribution in [3.63, 3.8) is 0 Å². The summed E-state index contributed by atoms with van der Waals surface area (Å²) in [5.74, 6) is 0. The molecule has 0 atom stereocenters. The Kier molecular flexibility index (Phi) is 18.0. The van der Waals surface area contributed by atoms with E-state index in [0.29, 0.717) is 6.61 Å². The first-order valence-electron chi connectivity index (χ1n) is 10.7. The number of carbonyl (C=O) groups excluding carboxylic acids is 1. The zero-order valence-corrected chi connectivity index (χ0v) is 16.8. The molecule has 0 N–H and O–H groups in total. The molecule has 0 spiro atoms. The molecular formula is C21H43NO2. The van der Waals surface area contributed by atoms with Crippen LogP contribution in [0.4, 0.5) is 4.79 Å². The van der Waals surface area contributed by atoms with Gasteiger partial charge in [-0.15, -0.1) is 0 Å². The zero-order valence-electron chi connectivity index (χ0n) is 16.8. The molecule has 24 heavy (non-hydrogen) atoms. The van der Waals surface area contributed by atoms with Gasteiger partial charge in [0.05, 0.1) is 6.61 Å². The summed E-state index contributed by atoms with van der Waals surface area (Å²) in [5.41, 5.74) is 0. The highest BCUT2D eigenvalue weighted by Gasteiger charge is 2.13. The third kappa shape index (κ3) is 14.8. The third-order valence-electron chi connectivity index (χ3n) is 4.54. The fourth-order valence-electron chi connectivity index (χ4n) is 2.89. The summed E-state index contributed by atoms with van der Waals surface area (Å²) in [6, 6.07) is 0. The highest BCUT2D eigenvalue weighted by Crippen LogP contribution is 2.09. The van der Waals surface area contributed by atoms with E-state index in [9.17, 15) is 4.79 Å². The van der Waals surface area contributed by atoms with Crippen molar-refractivity contribution in [1.82, 2.24) is 4.90 Å². The van der Waals surface area contributed by atoms with Gasteiger partial charge in [0.25, 0.3) is 0 Å². The Morgan fingerprint density at radius 1 is 0.625 bits per heavy atom. The van der Waals surface area contributed by atoms with E-state index >= 15 is 0 Å². The quantitative estimate of drug-likeness (QED) is 0.268. The molecule has 3 heteroatoms. The molecule has 0 heterocycles. The summed E-state index contributed by atoms with van der Waals surface area (Å²) < 4.78 is 5.51. The lowest BCUT2D eigenvalue weighted by molar-refractivity contribution is 0.0990. The van der Waals surface area contributed by atoms with Crippen LogP contribution in [0.2, 0.25) is 0 Å². The van der Waals surface area contributed by atoms with E-state index < -0.39 is 0 Å². The van der Waals surface area contributed by atoms with Crippen LogP contribution < -0.4 is 0 Å². The second kappa shape index (κ2) is 18.6. The fourth-order valence-corrected chi connectivity index (χ4v) is 2.89. The van der Waals surface area contributed by atoms with Gasteiger partial charge in [-0.05, 0) is 19.3 Å². The molecule has 0 aromatic heterocycles. The van der Waals surface area contributed by atoms with Crippen LogP contribution in [0.25, 0.3) is 0 Å². The van der Waals surface area contributed by atoms with Gasteiger partial charge in [-0.1, -0.05) is 91.4 Å². The third-order valence-corrected chi connectivity index (χ3v) is 4.54. The Morgan fingerprint density at radius 2 is 1.04 bits per heavy atom. The van der Waals surface area contributed by atoms with Gasteiger partial charge in [-0.3, -0.25) is 0 Å². The van der Waals surface area contributed by atoms with Gasteiger partial charge in [0, 0.05) is 13.1 Å². The summed E-state index contributed by atoms with van der Waals surface area (Å²) in [7, 11) is 0. The average molecular weight is 342 g/mol. The number of carbonyl (C=O) groups is 1. The van der Waals surface area contributed by atoms with Crippen LogP contribution in [-0.4, -0.2) is 30.7 Å². The van der Waals surface area contributed by atoms with E-state index in [-0.39, 0.29) is 6.09 Å². The van der Waals surface area contributed by atoms with Crippen molar-refractivity contribution >= 4 is 6.09 Å². The first-order valence-corrected chi connectivity index (χ1v) is 10.7. The number of nitrogens with zero attached hydrogens (tertiary/aromatic N) is 1. The SMILES string of the molecule is CCCCCCCCOC(=O)N(CCCCCC)CCCCCC. The summed E-state index contributed by atoms with van der Waals surface area (Å²) in [4.78, 5) is 14.3. The number of ether oxygens (including phenoxy) is 1. The minimum absolute atomic E-state index is 0.0865. The normalized spacial score (nSPS) is 10.8. The van der Waals surface area contributed by atoms with Crippen molar-refractivity contribution < 1.29 is 9.53 Å². The number of hydrogen-bond donors (Lipinski definition) is 0. The molecule has 3 nitrogen and oxygen atoms in total. The number of amides is 1. The topological polar surface area (TPSA) is 29.5 Å². The van der Waals surface area contributed by atoms with E-state index in [1.54, 1.807) is 0 Å². The molecule has 0 aromatic rings. The maximum Gasteiger partial charge on any atom is 0.409 e. The fraction of sp³-hybridized carbons (Fsp3) is 0.952. The lowest BCUT2D eigenvalue weighted by Gasteiger charge is -2.22. The Labute approximate surface area is 151 Å². The van der Waals surface area contributed by atoms with Crippen molar-refractivity contribution in [3.8, 4) is 0 Å². The van der Waals surface area contributed by atoms with E-state index in [1.807, 2.05) is 4.90 Å². The van der Waals surface area contributed by atoms with Crippen LogP contribution in [-0.2, 0) is 4.74 Å². The number of rotatable bonds is 17. The van der Waals surface area contributed by atoms with Crippen LogP contribution >= 0.6 is 0 Å². The van der Waals surface area contributed by atoms with Gasteiger partial charge in [-0.2, -0.15) is 0 Å². The summed E-state index contributed by atoms with van der Waals surface area (Å²) in [6.45, 7) is 8.99. The molecule has 0 saturated heterocycles. The van der Waals surface area contributed by atoms with Crippen LogP contribution in [0.5, 0.6) is 0 Å². The molecule has 0 rings (SSSR count). The van der Waals surface area contributed by atoms with Crippen LogP contribution in [0.15, 0.2) is 0 Å². The predicted octanol–water partition coefficient (Wildman–Crippen LogP) is 6.95. The predicted molar refractivity (Wildman–Crippen MR) is 105 cm³/mol. The first kappa shape index (κ1) is 23.3. The molecule has 0 unspecified atom stereocenters. The molecule has 0 saturated carbocycles. The second-order valence-electron chi connectivity index (χ2n) is 6.99. The van der Waals surface area contributed by atoms with Crippen molar-refractivity contribution in [1.29, 1.82) is 0 Å². The Balaban J connectivity index is 3.92. The largest absolute Gasteiger partial charge is 0.449 e. The molecule has 0 aliphatic carbocycles. The monoisotopic (exact) mass is 341 g/mol. The van der Waals surface area contributed by atoms with E-state index in [0.717, 1.165) is 32.4 Å². The van der Waals surface area contributed by atoms with Gasteiger partial charge in [0.2, 0.25) is 0 Å². The summed E-state index contributed by atoms with van der Waals surface area (Å²) in [5, 5.41) is 0. The smallest absolute Gasteiger partial charge is 0.409 e. The minimum Gasteiger partial charge on any atom is -0.449 e. The van der Waals surface area contributed by atoms with Gasteiger partial charge in [-0.25, -0.2) is 4.79 Å². The molecule has 0 aliphatic heterocycles. The van der Waals surface area contributed by atoms with Crippen LogP contribution in [0.3, 0.4) is 0 Å². The standard InChI is InChI=1S/C21H43NO2/c1-4-7-10-13-14-17-20-24-21(23)22(18-15-11-8-5-2)19-16-12-9-6-3/h4-20H2,1-3H3. The second-order valence-corrected chi connectivity index (χ2v) is 6.99. The van der Waals surface area contributed by atoms with Gasteiger partial charge in [0.1, 0.15) is 0 Å². The van der Waals surface area contributed by atoms with Crippen molar-refractivity contribution in [2.45, 2.75) is 111 Å². The highest BCUT2D eigenvalue weighted by atomic mass is 16.6. The maximum atomic E-state index is 12.3. The zero-order chi connectivity index (χ0) is 17.9. The van der Waals surface area contributed by atoms with Crippen molar-refractivity contribution in [3.05, 3.63) is 0 Å². The summed E-state index contributed by atoms with van der Waals surface area (Å²) in [6.07, 6.45) is 16.9. The Morgan fingerprint density at radius 3 is 1.54 bits per heavy atom. The molecule has 1 amide bonds. The molecule has 0 aromatic carbocycles. The Hall–Kier alpha value is -0.730. The van der Waals surface area contributed by atoms with Gasteiger partial charge in [0.15, 0.2) is 0 Å². The maximum absolute atomic E-state index is 12.3. The van der Waals surface area contributed by atoms with Crippen LogP contribution in [0, 0.1) is 0 Å². The molecule has 0 fully saturated rings. The summed E-state index contributed by atoms with van der Waals surface area (Å²) >= 11 is 0. The molecule has 0 aliphatic rings. The molecule has 144 valence electrons. The number of hydrogen-bond acceptors (Lipinski definition) is 2. The molecular weight excluding hydrogens is 298 g/mol. The van der Waals surface area contributed by atoms with Crippen molar-refractivity contribution in [2.75, 3.05) is 19.7 Å². The van der Waals surface area contributed by atoms with Crippen molar-refractivity contribution in [2.24, 2.45) is 0 Å². The minimum atomic E-state index is -0.0865. The number of unbranched alkanes of at least 4 members (excludes halogenated alkanes) is 11. The molecule has 0 bridgehead atoms. The van der Waals surface area contributed by atoms with Gasteiger partial charge < -0.3 is 9.64 Å². The van der Waals surface area contributed by atoms with E-state index in [1.165, 1.54) is 70.6 Å². The van der Waals surface area contributed by atoms with Gasteiger partial charge >= 0.3 is 6.09 Å². The Bertz CT molecular complexity index is 257. The molecule has 0 radical (unpaired) electrons. The van der Waals surface area contributed by atoms with Crippen LogP contribution in [0.1, 0.15) is 111 Å². The van der Waals surface area contributed by atoms with E-state index in [4.69, 9.17) is 4.74 Å². The lowest BCUT2D eigenvalue weighted by Crippen LogP contribution is -2.33.